The summed E-state index contributed by atoms with van der Waals surface area (Å²) in [6, 6.07) is 16.9. The van der Waals surface area contributed by atoms with Crippen LogP contribution in [0.3, 0.4) is 0 Å². The molecule has 1 saturated carbocycles. The summed E-state index contributed by atoms with van der Waals surface area (Å²) in [5, 5.41) is 0. The third-order valence-electron chi connectivity index (χ3n) is 8.91. The molecule has 1 aliphatic carbocycles. The topological polar surface area (TPSA) is 53.7 Å². The number of hydrogen-bond acceptors (Lipinski definition) is 4. The third-order valence-corrected chi connectivity index (χ3v) is 8.91. The van der Waals surface area contributed by atoms with Crippen molar-refractivity contribution >= 4 is 17.2 Å². The van der Waals surface area contributed by atoms with E-state index in [9.17, 15) is 4.79 Å². The number of carbonyl (C=O) groups excluding carboxylic acids is 1. The second-order valence-corrected chi connectivity index (χ2v) is 13.2. The number of fused-ring (bicyclic) bond motifs is 1. The van der Waals surface area contributed by atoms with Crippen molar-refractivity contribution in [3.8, 4) is 11.4 Å². The molecule has 1 saturated heterocycles. The van der Waals surface area contributed by atoms with Crippen LogP contribution < -0.4 is 4.90 Å². The zero-order valence-electron chi connectivity index (χ0n) is 25.2. The average Bonchev–Trinajstić information content (AvgIpc) is 3.27. The summed E-state index contributed by atoms with van der Waals surface area (Å²) < 4.78 is 2.14. The monoisotopic (exact) mass is 549 g/mol. The van der Waals surface area contributed by atoms with Gasteiger partial charge < -0.3 is 9.80 Å². The Hall–Kier alpha value is -3.67. The van der Waals surface area contributed by atoms with E-state index in [0.717, 1.165) is 65.8 Å². The van der Waals surface area contributed by atoms with Crippen LogP contribution in [0.4, 0.5) is 5.82 Å². The van der Waals surface area contributed by atoms with E-state index in [1.807, 2.05) is 17.2 Å². The van der Waals surface area contributed by atoms with Gasteiger partial charge in [-0.15, -0.1) is 0 Å². The Bertz CT molecular complexity index is 1530. The number of piperazine rings is 1. The predicted octanol–water partition coefficient (Wildman–Crippen LogP) is 6.99. The van der Waals surface area contributed by atoms with E-state index in [0.29, 0.717) is 12.5 Å². The minimum Gasteiger partial charge on any atom is -0.353 e. The Balaban J connectivity index is 1.23. The minimum atomic E-state index is -0.332. The number of carbonyl (C=O) groups is 1. The summed E-state index contributed by atoms with van der Waals surface area (Å²) in [4.78, 5) is 28.2. The maximum absolute atomic E-state index is 14.0. The van der Waals surface area contributed by atoms with E-state index in [2.05, 4.69) is 92.6 Å². The maximum atomic E-state index is 14.0. The highest BCUT2D eigenvalue weighted by Gasteiger charge is 2.38. The summed E-state index contributed by atoms with van der Waals surface area (Å²) in [5.74, 6) is 3.31. The van der Waals surface area contributed by atoms with Crippen LogP contribution in [0.2, 0.25) is 0 Å². The summed E-state index contributed by atoms with van der Waals surface area (Å²) >= 11 is 0. The standard InChI is InChI=1S/C35H43N5O/c1-24(2)19-30-31-21-29(15-16-39(31)33(37-30)28-12-9-25(3)10-13-28)34(41)40-18-17-38(23-35(40,4)5)32-14-11-27(22-36-32)20-26-7-6-8-26/h9-16,21-22,24,26H,6-8,17-20,23H2,1-5H3. The van der Waals surface area contributed by atoms with E-state index in [1.165, 1.54) is 30.4 Å². The van der Waals surface area contributed by atoms with Crippen LogP contribution in [0.25, 0.3) is 16.9 Å². The van der Waals surface area contributed by atoms with Gasteiger partial charge in [0.25, 0.3) is 5.91 Å². The number of aromatic nitrogens is 3. The van der Waals surface area contributed by atoms with Crippen molar-refractivity contribution < 1.29 is 4.79 Å². The molecule has 41 heavy (non-hydrogen) atoms. The minimum absolute atomic E-state index is 0.0783. The van der Waals surface area contributed by atoms with Gasteiger partial charge in [0, 0.05) is 43.2 Å². The number of rotatable bonds is 7. The molecule has 4 heterocycles. The van der Waals surface area contributed by atoms with Crippen LogP contribution in [0.1, 0.15) is 74.1 Å². The van der Waals surface area contributed by atoms with E-state index < -0.39 is 0 Å². The molecule has 6 rings (SSSR count). The Labute approximate surface area is 244 Å². The normalized spacial score (nSPS) is 17.3. The molecule has 1 aliphatic heterocycles. The molecule has 2 fully saturated rings. The molecule has 3 aromatic heterocycles. The molecular formula is C35H43N5O. The lowest BCUT2D eigenvalue weighted by molar-refractivity contribution is 0.0513. The number of amides is 1. The van der Waals surface area contributed by atoms with Crippen LogP contribution >= 0.6 is 0 Å². The SMILES string of the molecule is Cc1ccc(-c2nc(CC(C)C)c3cc(C(=O)N4CCN(c5ccc(CC6CCC6)cn5)CC4(C)C)ccn23)cc1. The summed E-state index contributed by atoms with van der Waals surface area (Å²) in [6.07, 6.45) is 10.2. The van der Waals surface area contributed by atoms with Gasteiger partial charge in [-0.05, 0) is 69.2 Å². The number of benzene rings is 1. The van der Waals surface area contributed by atoms with Crippen LogP contribution in [0.5, 0.6) is 0 Å². The first-order valence-corrected chi connectivity index (χ1v) is 15.3. The van der Waals surface area contributed by atoms with Crippen molar-refractivity contribution in [1.82, 2.24) is 19.3 Å². The Morgan fingerprint density at radius 3 is 2.46 bits per heavy atom. The summed E-state index contributed by atoms with van der Waals surface area (Å²) in [5.41, 5.74) is 6.10. The number of nitrogens with zero attached hydrogens (tertiary/aromatic N) is 5. The van der Waals surface area contributed by atoms with Gasteiger partial charge >= 0.3 is 0 Å². The van der Waals surface area contributed by atoms with Crippen LogP contribution in [0, 0.1) is 18.8 Å². The van der Waals surface area contributed by atoms with Gasteiger partial charge in [0.05, 0.1) is 16.7 Å². The van der Waals surface area contributed by atoms with Gasteiger partial charge in [0.15, 0.2) is 0 Å². The van der Waals surface area contributed by atoms with E-state index in [4.69, 9.17) is 9.97 Å². The summed E-state index contributed by atoms with van der Waals surface area (Å²) in [7, 11) is 0. The fourth-order valence-corrected chi connectivity index (χ4v) is 6.36. The molecule has 6 nitrogen and oxygen atoms in total. The second-order valence-electron chi connectivity index (χ2n) is 13.2. The van der Waals surface area contributed by atoms with Crippen molar-refractivity contribution in [1.29, 1.82) is 0 Å². The molecule has 0 N–H and O–H groups in total. The second kappa shape index (κ2) is 11.0. The van der Waals surface area contributed by atoms with Gasteiger partial charge in [-0.3, -0.25) is 9.20 Å². The van der Waals surface area contributed by atoms with Crippen molar-refractivity contribution in [3.63, 3.8) is 0 Å². The van der Waals surface area contributed by atoms with Crippen LogP contribution in [-0.2, 0) is 12.8 Å². The Kier molecular flexibility index (Phi) is 7.35. The number of aryl methyl sites for hydroxylation is 1. The smallest absolute Gasteiger partial charge is 0.254 e. The van der Waals surface area contributed by atoms with Crippen molar-refractivity contribution in [2.75, 3.05) is 24.5 Å². The highest BCUT2D eigenvalue weighted by atomic mass is 16.2. The molecular weight excluding hydrogens is 506 g/mol. The highest BCUT2D eigenvalue weighted by Crippen LogP contribution is 2.31. The first kappa shape index (κ1) is 27.5. The molecule has 0 spiro atoms. The zero-order valence-corrected chi connectivity index (χ0v) is 25.2. The van der Waals surface area contributed by atoms with Gasteiger partial charge in [0.2, 0.25) is 0 Å². The molecule has 6 heteroatoms. The van der Waals surface area contributed by atoms with Gasteiger partial charge in [0.1, 0.15) is 11.6 Å². The number of pyridine rings is 2. The lowest BCUT2D eigenvalue weighted by Crippen LogP contribution is -2.61. The quantitative estimate of drug-likeness (QED) is 0.249. The zero-order chi connectivity index (χ0) is 28.7. The Morgan fingerprint density at radius 1 is 1.05 bits per heavy atom. The van der Waals surface area contributed by atoms with Crippen molar-refractivity contribution in [2.24, 2.45) is 11.8 Å². The number of anilines is 1. The van der Waals surface area contributed by atoms with Crippen molar-refractivity contribution in [3.05, 3.63) is 83.3 Å². The predicted molar refractivity (Wildman–Crippen MR) is 167 cm³/mol. The van der Waals surface area contributed by atoms with Gasteiger partial charge in [-0.25, -0.2) is 9.97 Å². The maximum Gasteiger partial charge on any atom is 0.254 e. The molecule has 4 aromatic rings. The molecule has 0 radical (unpaired) electrons. The Morgan fingerprint density at radius 2 is 1.83 bits per heavy atom. The lowest BCUT2D eigenvalue weighted by Gasteiger charge is -2.47. The van der Waals surface area contributed by atoms with E-state index >= 15 is 0 Å². The highest BCUT2D eigenvalue weighted by molar-refractivity contribution is 5.96. The fourth-order valence-electron chi connectivity index (χ4n) is 6.36. The molecule has 1 aromatic carbocycles. The molecule has 0 atom stereocenters. The first-order chi connectivity index (χ1) is 19.7. The molecule has 1 amide bonds. The molecule has 214 valence electrons. The molecule has 0 bridgehead atoms. The van der Waals surface area contributed by atoms with E-state index in [1.54, 1.807) is 0 Å². The molecule has 0 unspecified atom stereocenters. The van der Waals surface area contributed by atoms with Gasteiger partial charge in [-0.1, -0.05) is 69.0 Å². The number of imidazole rings is 1. The van der Waals surface area contributed by atoms with Crippen molar-refractivity contribution in [2.45, 2.75) is 72.3 Å². The lowest BCUT2D eigenvalue weighted by atomic mass is 9.81. The van der Waals surface area contributed by atoms with Crippen LogP contribution in [-0.4, -0.2) is 50.3 Å². The first-order valence-electron chi connectivity index (χ1n) is 15.3. The number of hydrogen-bond donors (Lipinski definition) is 0. The molecule has 2 aliphatic rings. The fraction of sp³-hybridized carbons (Fsp3) is 0.457. The van der Waals surface area contributed by atoms with Crippen LogP contribution in [0.15, 0.2) is 60.9 Å². The largest absolute Gasteiger partial charge is 0.353 e. The van der Waals surface area contributed by atoms with Gasteiger partial charge in [-0.2, -0.15) is 0 Å². The third kappa shape index (κ3) is 5.61. The summed E-state index contributed by atoms with van der Waals surface area (Å²) in [6.45, 7) is 13.0. The van der Waals surface area contributed by atoms with E-state index in [-0.39, 0.29) is 11.4 Å². The average molecular weight is 550 g/mol.